The van der Waals surface area contributed by atoms with Crippen LogP contribution in [0.15, 0.2) is 22.8 Å². The van der Waals surface area contributed by atoms with Crippen LogP contribution in [0.4, 0.5) is 9.80 Å². The number of amides is 2. The Morgan fingerprint density at radius 2 is 2.26 bits per heavy atom. The third kappa shape index (κ3) is 5.84. The van der Waals surface area contributed by atoms with Gasteiger partial charge in [-0.3, -0.25) is 4.79 Å². The standard InChI is InChI=1S/C18H21N3O5S/c1-2-13-14(10-19)17(21-16(23)6-5-12-4-3-8-25-12)27-15(13)11-20-18(24)26-9-7-22/h3-4,8,22H,2,5-7,9,11H2,1H3,(H,20,24)(H,21,23). The van der Waals surface area contributed by atoms with Crippen molar-refractivity contribution in [3.63, 3.8) is 0 Å². The number of aliphatic hydroxyl groups excluding tert-OH is 1. The van der Waals surface area contributed by atoms with E-state index in [9.17, 15) is 14.9 Å². The Hall–Kier alpha value is -2.83. The lowest BCUT2D eigenvalue weighted by atomic mass is 10.1. The minimum Gasteiger partial charge on any atom is -0.469 e. The zero-order valence-electron chi connectivity index (χ0n) is 14.9. The number of rotatable bonds is 9. The maximum Gasteiger partial charge on any atom is 0.407 e. The second kappa shape index (κ2) is 10.4. The monoisotopic (exact) mass is 391 g/mol. The van der Waals surface area contributed by atoms with Crippen LogP contribution in [0.1, 0.15) is 35.1 Å². The van der Waals surface area contributed by atoms with Crippen LogP contribution >= 0.6 is 11.3 Å². The summed E-state index contributed by atoms with van der Waals surface area (Å²) < 4.78 is 9.95. The molecule has 27 heavy (non-hydrogen) atoms. The molecule has 3 N–H and O–H groups in total. The average Bonchev–Trinajstić information content (AvgIpc) is 3.30. The Morgan fingerprint density at radius 3 is 2.89 bits per heavy atom. The van der Waals surface area contributed by atoms with E-state index < -0.39 is 6.09 Å². The number of carbonyl (C=O) groups is 2. The molecule has 0 unspecified atom stereocenters. The van der Waals surface area contributed by atoms with Gasteiger partial charge in [-0.2, -0.15) is 5.26 Å². The summed E-state index contributed by atoms with van der Waals surface area (Å²) in [4.78, 5) is 24.5. The van der Waals surface area contributed by atoms with E-state index in [-0.39, 0.29) is 32.1 Å². The van der Waals surface area contributed by atoms with E-state index in [4.69, 9.17) is 14.3 Å². The molecule has 0 bridgehead atoms. The van der Waals surface area contributed by atoms with E-state index in [1.165, 1.54) is 11.3 Å². The quantitative estimate of drug-likeness (QED) is 0.603. The molecule has 2 heterocycles. The van der Waals surface area contributed by atoms with Crippen molar-refractivity contribution in [2.45, 2.75) is 32.7 Å². The molecule has 0 aliphatic heterocycles. The largest absolute Gasteiger partial charge is 0.469 e. The maximum absolute atomic E-state index is 12.2. The fourth-order valence-corrected chi connectivity index (χ4v) is 3.65. The first-order valence-corrected chi connectivity index (χ1v) is 9.29. The molecule has 0 fully saturated rings. The topological polar surface area (TPSA) is 125 Å². The Kier molecular flexibility index (Phi) is 7.85. The number of nitrogens with zero attached hydrogens (tertiary/aromatic N) is 1. The van der Waals surface area contributed by atoms with E-state index >= 15 is 0 Å². The van der Waals surface area contributed by atoms with Crippen LogP contribution in [-0.4, -0.2) is 30.3 Å². The molecule has 0 aliphatic rings. The molecule has 0 aliphatic carbocycles. The third-order valence-corrected chi connectivity index (χ3v) is 4.85. The summed E-state index contributed by atoms with van der Waals surface area (Å²) in [5, 5.41) is 24.0. The number of nitriles is 1. The second-order valence-electron chi connectivity index (χ2n) is 5.51. The van der Waals surface area contributed by atoms with Gasteiger partial charge in [0.1, 0.15) is 23.4 Å². The number of furan rings is 1. The van der Waals surface area contributed by atoms with Gasteiger partial charge in [0.05, 0.1) is 25.0 Å². The molecule has 2 rings (SSSR count). The number of alkyl carbamates (subject to hydrolysis) is 1. The van der Waals surface area contributed by atoms with Gasteiger partial charge in [-0.15, -0.1) is 11.3 Å². The maximum atomic E-state index is 12.2. The number of hydrogen-bond acceptors (Lipinski definition) is 7. The number of hydrogen-bond donors (Lipinski definition) is 3. The van der Waals surface area contributed by atoms with Gasteiger partial charge in [-0.05, 0) is 24.1 Å². The molecule has 0 aromatic carbocycles. The summed E-state index contributed by atoms with van der Waals surface area (Å²) >= 11 is 1.26. The molecule has 0 radical (unpaired) electrons. The first-order valence-electron chi connectivity index (χ1n) is 8.47. The highest BCUT2D eigenvalue weighted by molar-refractivity contribution is 7.16. The lowest BCUT2D eigenvalue weighted by molar-refractivity contribution is -0.116. The molecule has 0 spiro atoms. The normalized spacial score (nSPS) is 10.3. The summed E-state index contributed by atoms with van der Waals surface area (Å²) in [5.41, 5.74) is 1.20. The summed E-state index contributed by atoms with van der Waals surface area (Å²) in [6, 6.07) is 5.69. The molecular formula is C18H21N3O5S. The van der Waals surface area contributed by atoms with Crippen molar-refractivity contribution in [1.29, 1.82) is 5.26 Å². The Labute approximate surface area is 160 Å². The smallest absolute Gasteiger partial charge is 0.407 e. The van der Waals surface area contributed by atoms with Gasteiger partial charge in [0.15, 0.2) is 0 Å². The van der Waals surface area contributed by atoms with Crippen molar-refractivity contribution in [2.24, 2.45) is 0 Å². The molecule has 2 aromatic heterocycles. The van der Waals surface area contributed by atoms with E-state index in [0.29, 0.717) is 23.4 Å². The lowest BCUT2D eigenvalue weighted by Crippen LogP contribution is -2.24. The lowest BCUT2D eigenvalue weighted by Gasteiger charge is -2.05. The number of carbonyl (C=O) groups excluding carboxylic acids is 2. The van der Waals surface area contributed by atoms with Gasteiger partial charge in [0, 0.05) is 17.7 Å². The first-order chi connectivity index (χ1) is 13.1. The molecule has 2 amide bonds. The highest BCUT2D eigenvalue weighted by Crippen LogP contribution is 2.33. The highest BCUT2D eigenvalue weighted by atomic mass is 32.1. The van der Waals surface area contributed by atoms with E-state index in [2.05, 4.69) is 16.7 Å². The number of ether oxygens (including phenoxy) is 1. The fourth-order valence-electron chi connectivity index (χ4n) is 2.46. The van der Waals surface area contributed by atoms with Gasteiger partial charge < -0.3 is 24.9 Å². The molecule has 0 atom stereocenters. The number of anilines is 1. The molecule has 144 valence electrons. The minimum absolute atomic E-state index is 0.0860. The third-order valence-electron chi connectivity index (χ3n) is 3.71. The molecular weight excluding hydrogens is 370 g/mol. The zero-order valence-corrected chi connectivity index (χ0v) is 15.7. The second-order valence-corrected chi connectivity index (χ2v) is 6.62. The fraction of sp³-hybridized carbons (Fsp3) is 0.389. The predicted molar refractivity (Wildman–Crippen MR) is 99.3 cm³/mol. The zero-order chi connectivity index (χ0) is 19.6. The summed E-state index contributed by atoms with van der Waals surface area (Å²) in [5.74, 6) is 0.506. The molecule has 9 heteroatoms. The van der Waals surface area contributed by atoms with E-state index in [1.54, 1.807) is 18.4 Å². The molecule has 0 saturated heterocycles. The van der Waals surface area contributed by atoms with E-state index in [1.807, 2.05) is 6.92 Å². The van der Waals surface area contributed by atoms with Gasteiger partial charge >= 0.3 is 6.09 Å². The summed E-state index contributed by atoms with van der Waals surface area (Å²) in [7, 11) is 0. The summed E-state index contributed by atoms with van der Waals surface area (Å²) in [6.07, 6.45) is 2.20. The van der Waals surface area contributed by atoms with Crippen molar-refractivity contribution in [3.05, 3.63) is 40.2 Å². The van der Waals surface area contributed by atoms with Gasteiger partial charge in [-0.1, -0.05) is 6.92 Å². The van der Waals surface area contributed by atoms with Crippen LogP contribution in [-0.2, 0) is 28.9 Å². The average molecular weight is 391 g/mol. The van der Waals surface area contributed by atoms with Crippen LogP contribution in [0.3, 0.4) is 0 Å². The van der Waals surface area contributed by atoms with Crippen molar-refractivity contribution in [1.82, 2.24) is 5.32 Å². The Morgan fingerprint density at radius 1 is 1.44 bits per heavy atom. The van der Waals surface area contributed by atoms with Gasteiger partial charge in [0.25, 0.3) is 0 Å². The number of thiophene rings is 1. The molecule has 0 saturated carbocycles. The van der Waals surface area contributed by atoms with E-state index in [0.717, 1.165) is 16.2 Å². The SMILES string of the molecule is CCc1c(CNC(=O)OCCO)sc(NC(=O)CCc2ccco2)c1C#N. The first kappa shape index (κ1) is 20.5. The van der Waals surface area contributed by atoms with Crippen molar-refractivity contribution in [3.8, 4) is 6.07 Å². The number of aliphatic hydroxyl groups is 1. The van der Waals surface area contributed by atoms with Crippen LogP contribution in [0, 0.1) is 11.3 Å². The Bertz CT molecular complexity index is 808. The van der Waals surface area contributed by atoms with Crippen molar-refractivity contribution < 1.29 is 23.8 Å². The van der Waals surface area contributed by atoms with Crippen LogP contribution in [0.2, 0.25) is 0 Å². The van der Waals surface area contributed by atoms with Crippen LogP contribution in [0.25, 0.3) is 0 Å². The van der Waals surface area contributed by atoms with Crippen LogP contribution in [0.5, 0.6) is 0 Å². The summed E-state index contributed by atoms with van der Waals surface area (Å²) in [6.45, 7) is 1.74. The van der Waals surface area contributed by atoms with Crippen molar-refractivity contribution >= 4 is 28.3 Å². The number of nitrogens with one attached hydrogen (secondary N) is 2. The molecule has 2 aromatic rings. The van der Waals surface area contributed by atoms with Gasteiger partial charge in [-0.25, -0.2) is 4.79 Å². The minimum atomic E-state index is -0.651. The van der Waals surface area contributed by atoms with Gasteiger partial charge in [0.2, 0.25) is 5.91 Å². The predicted octanol–water partition coefficient (Wildman–Crippen LogP) is 2.56. The highest BCUT2D eigenvalue weighted by Gasteiger charge is 2.19. The van der Waals surface area contributed by atoms with Crippen molar-refractivity contribution in [2.75, 3.05) is 18.5 Å². The van der Waals surface area contributed by atoms with Crippen LogP contribution < -0.4 is 10.6 Å². The Balaban J connectivity index is 2.02. The molecule has 8 nitrogen and oxygen atoms in total. The number of aryl methyl sites for hydroxylation is 1.